The van der Waals surface area contributed by atoms with Crippen LogP contribution in [0.5, 0.6) is 0 Å². The molecule has 0 aromatic heterocycles. The summed E-state index contributed by atoms with van der Waals surface area (Å²) in [6.45, 7) is 3.25. The average Bonchev–Trinajstić information content (AvgIpc) is 1.59. The van der Waals surface area contributed by atoms with E-state index in [-0.39, 0.29) is 0 Å². The van der Waals surface area contributed by atoms with E-state index in [1.807, 2.05) is 0 Å². The maximum absolute atomic E-state index is 9.00. The lowest BCUT2D eigenvalue weighted by Gasteiger charge is -2.21. The fourth-order valence-electron chi connectivity index (χ4n) is 0.278. The zero-order valence-electron chi connectivity index (χ0n) is 5.30. The van der Waals surface area contributed by atoms with Gasteiger partial charge in [0.15, 0.2) is 0 Å². The summed E-state index contributed by atoms with van der Waals surface area (Å²) in [5.74, 6) is -0.833. The fraction of sp³-hybridized carbons (Fsp3) is 0.800. The molecular formula is C5H10ClNO2. The van der Waals surface area contributed by atoms with E-state index in [0.717, 1.165) is 20.0 Å². The van der Waals surface area contributed by atoms with Gasteiger partial charge in [0.1, 0.15) is 0 Å². The number of halogens is 1. The standard InChI is InChI=1S/C3H6ClN.C2H4O2/c4-5-2-1-3-5;1-2(3)4/h1-3H2;1H3,(H,3,4). The van der Waals surface area contributed by atoms with Crippen LogP contribution in [0.25, 0.3) is 0 Å². The molecule has 0 aliphatic carbocycles. The molecule has 1 aliphatic rings. The van der Waals surface area contributed by atoms with Crippen molar-refractivity contribution in [1.29, 1.82) is 0 Å². The molecule has 0 spiro atoms. The first-order valence-electron chi connectivity index (χ1n) is 2.73. The summed E-state index contributed by atoms with van der Waals surface area (Å²) < 4.78 is 1.78. The average molecular weight is 152 g/mol. The first-order valence-corrected chi connectivity index (χ1v) is 3.07. The van der Waals surface area contributed by atoms with Gasteiger partial charge < -0.3 is 5.11 Å². The van der Waals surface area contributed by atoms with Gasteiger partial charge in [-0.3, -0.25) is 4.79 Å². The molecule has 0 radical (unpaired) electrons. The molecule has 0 bridgehead atoms. The second-order valence-electron chi connectivity index (χ2n) is 1.78. The molecule has 1 saturated heterocycles. The summed E-state index contributed by atoms with van der Waals surface area (Å²) in [7, 11) is 0. The van der Waals surface area contributed by atoms with Gasteiger partial charge in [0, 0.05) is 20.0 Å². The Labute approximate surface area is 59.3 Å². The molecule has 1 rings (SSSR count). The van der Waals surface area contributed by atoms with Gasteiger partial charge in [-0.1, -0.05) is 0 Å². The number of rotatable bonds is 0. The largest absolute Gasteiger partial charge is 0.481 e. The van der Waals surface area contributed by atoms with Crippen LogP contribution < -0.4 is 0 Å². The van der Waals surface area contributed by atoms with E-state index in [1.54, 1.807) is 4.42 Å². The molecule has 3 nitrogen and oxygen atoms in total. The number of carboxylic acids is 1. The first kappa shape index (κ1) is 8.72. The smallest absolute Gasteiger partial charge is 0.300 e. The minimum Gasteiger partial charge on any atom is -0.481 e. The zero-order chi connectivity index (χ0) is 7.28. The molecule has 1 heterocycles. The summed E-state index contributed by atoms with van der Waals surface area (Å²) >= 11 is 5.38. The number of carbonyl (C=O) groups is 1. The minimum absolute atomic E-state index is 0.833. The van der Waals surface area contributed by atoms with Crippen LogP contribution in [-0.2, 0) is 4.79 Å². The third-order valence-corrected chi connectivity index (χ3v) is 1.14. The van der Waals surface area contributed by atoms with Crippen molar-refractivity contribution in [2.24, 2.45) is 0 Å². The Bertz CT molecular complexity index is 89.0. The summed E-state index contributed by atoms with van der Waals surface area (Å²) in [6, 6.07) is 0. The van der Waals surface area contributed by atoms with Gasteiger partial charge in [0.2, 0.25) is 0 Å². The highest BCUT2D eigenvalue weighted by Gasteiger charge is 2.07. The van der Waals surface area contributed by atoms with E-state index in [2.05, 4.69) is 0 Å². The van der Waals surface area contributed by atoms with Crippen LogP contribution in [0.4, 0.5) is 0 Å². The SMILES string of the molecule is CC(=O)O.ClN1CCC1. The number of carboxylic acid groups (broad SMARTS) is 1. The van der Waals surface area contributed by atoms with Gasteiger partial charge in [-0.05, 0) is 18.2 Å². The van der Waals surface area contributed by atoms with E-state index in [4.69, 9.17) is 21.7 Å². The molecular weight excluding hydrogens is 142 g/mol. The number of nitrogens with zero attached hydrogens (tertiary/aromatic N) is 1. The topological polar surface area (TPSA) is 40.5 Å². The first-order chi connectivity index (χ1) is 4.13. The van der Waals surface area contributed by atoms with Crippen LogP contribution >= 0.6 is 11.8 Å². The van der Waals surface area contributed by atoms with E-state index in [0.29, 0.717) is 0 Å². The van der Waals surface area contributed by atoms with Crippen LogP contribution in [0.3, 0.4) is 0 Å². The molecule has 1 aliphatic heterocycles. The Morgan fingerprint density at radius 2 is 1.89 bits per heavy atom. The molecule has 1 N–H and O–H groups in total. The lowest BCUT2D eigenvalue weighted by molar-refractivity contribution is -0.134. The highest BCUT2D eigenvalue weighted by molar-refractivity contribution is 6.13. The number of hydrogen-bond acceptors (Lipinski definition) is 2. The van der Waals surface area contributed by atoms with Gasteiger partial charge in [-0.2, -0.15) is 0 Å². The van der Waals surface area contributed by atoms with Crippen molar-refractivity contribution in [3.8, 4) is 0 Å². The molecule has 9 heavy (non-hydrogen) atoms. The summed E-state index contributed by atoms with van der Waals surface area (Å²) in [5, 5.41) is 7.42. The minimum atomic E-state index is -0.833. The third-order valence-electron chi connectivity index (χ3n) is 0.801. The third kappa shape index (κ3) is 7.72. The van der Waals surface area contributed by atoms with E-state index >= 15 is 0 Å². The Balaban J connectivity index is 0.000000148. The van der Waals surface area contributed by atoms with Crippen LogP contribution in [0.15, 0.2) is 0 Å². The second-order valence-corrected chi connectivity index (χ2v) is 2.26. The molecule has 1 fully saturated rings. The molecule has 0 unspecified atom stereocenters. The van der Waals surface area contributed by atoms with Crippen molar-refractivity contribution in [2.45, 2.75) is 13.3 Å². The lowest BCUT2D eigenvalue weighted by atomic mass is 10.3. The molecule has 4 heteroatoms. The predicted octanol–water partition coefficient (Wildman–Crippen LogP) is 0.937. The normalized spacial score (nSPS) is 17.1. The Hall–Kier alpha value is -0.280. The van der Waals surface area contributed by atoms with E-state index in [9.17, 15) is 0 Å². The van der Waals surface area contributed by atoms with E-state index in [1.165, 1.54) is 6.42 Å². The quantitative estimate of drug-likeness (QED) is 0.524. The second kappa shape index (κ2) is 4.58. The van der Waals surface area contributed by atoms with Gasteiger partial charge in [-0.15, -0.1) is 0 Å². The maximum atomic E-state index is 9.00. The predicted molar refractivity (Wildman–Crippen MR) is 35.4 cm³/mol. The van der Waals surface area contributed by atoms with Gasteiger partial charge in [-0.25, -0.2) is 4.42 Å². The van der Waals surface area contributed by atoms with Crippen molar-refractivity contribution >= 4 is 17.7 Å². The molecule has 0 saturated carbocycles. The monoisotopic (exact) mass is 151 g/mol. The van der Waals surface area contributed by atoms with Crippen LogP contribution in [0.1, 0.15) is 13.3 Å². The van der Waals surface area contributed by atoms with Crippen molar-refractivity contribution in [3.63, 3.8) is 0 Å². The lowest BCUT2D eigenvalue weighted by Crippen LogP contribution is -2.27. The Morgan fingerprint density at radius 3 is 1.89 bits per heavy atom. The molecule has 0 aromatic carbocycles. The van der Waals surface area contributed by atoms with Crippen molar-refractivity contribution < 1.29 is 9.90 Å². The summed E-state index contributed by atoms with van der Waals surface area (Å²) in [5.41, 5.74) is 0. The number of hydrogen-bond donors (Lipinski definition) is 1. The Morgan fingerprint density at radius 1 is 1.67 bits per heavy atom. The van der Waals surface area contributed by atoms with Crippen LogP contribution in [-0.4, -0.2) is 28.6 Å². The van der Waals surface area contributed by atoms with Crippen molar-refractivity contribution in [1.82, 2.24) is 4.42 Å². The van der Waals surface area contributed by atoms with Crippen LogP contribution in [0, 0.1) is 0 Å². The fourth-order valence-corrected chi connectivity index (χ4v) is 0.517. The van der Waals surface area contributed by atoms with Gasteiger partial charge >= 0.3 is 0 Å². The zero-order valence-corrected chi connectivity index (χ0v) is 6.06. The van der Waals surface area contributed by atoms with E-state index < -0.39 is 5.97 Å². The highest BCUT2D eigenvalue weighted by Crippen LogP contribution is 2.06. The Kier molecular flexibility index (Phi) is 4.44. The molecule has 0 amide bonds. The van der Waals surface area contributed by atoms with Gasteiger partial charge in [0.05, 0.1) is 0 Å². The molecule has 0 atom stereocenters. The maximum Gasteiger partial charge on any atom is 0.300 e. The van der Waals surface area contributed by atoms with Crippen molar-refractivity contribution in [2.75, 3.05) is 13.1 Å². The van der Waals surface area contributed by atoms with Crippen LogP contribution in [0.2, 0.25) is 0 Å². The summed E-state index contributed by atoms with van der Waals surface area (Å²) in [4.78, 5) is 9.00. The molecule has 54 valence electrons. The summed E-state index contributed by atoms with van der Waals surface area (Å²) in [6.07, 6.45) is 1.28. The molecule has 0 aromatic rings. The van der Waals surface area contributed by atoms with Crippen molar-refractivity contribution in [3.05, 3.63) is 0 Å². The van der Waals surface area contributed by atoms with Gasteiger partial charge in [0.25, 0.3) is 5.97 Å². The number of aliphatic carboxylic acids is 1. The highest BCUT2D eigenvalue weighted by atomic mass is 35.5.